The molecule has 1 heterocycles. The normalized spacial score (nSPS) is 20.4. The summed E-state index contributed by atoms with van der Waals surface area (Å²) in [6, 6.07) is 6.42. The van der Waals surface area contributed by atoms with Crippen molar-refractivity contribution in [2.24, 2.45) is 5.92 Å². The van der Waals surface area contributed by atoms with Crippen LogP contribution < -0.4 is 10.1 Å². The molecule has 1 aliphatic rings. The van der Waals surface area contributed by atoms with Crippen LogP contribution in [0.15, 0.2) is 36.5 Å². The van der Waals surface area contributed by atoms with Gasteiger partial charge in [-0.25, -0.2) is 14.4 Å². The number of aromatic nitrogens is 2. The van der Waals surface area contributed by atoms with E-state index in [1.165, 1.54) is 25.4 Å². The van der Waals surface area contributed by atoms with Crippen molar-refractivity contribution in [1.29, 1.82) is 0 Å². The van der Waals surface area contributed by atoms with Gasteiger partial charge in [-0.2, -0.15) is 13.2 Å². The molecular weight excluding hydrogens is 410 g/mol. The van der Waals surface area contributed by atoms with E-state index in [2.05, 4.69) is 15.3 Å². The van der Waals surface area contributed by atoms with Crippen molar-refractivity contribution >= 4 is 16.6 Å². The fraction of sp³-hybridized carbons (Fsp3) is 0.391. The number of aryl methyl sites for hydroxylation is 1. The minimum atomic E-state index is -4.45. The maximum Gasteiger partial charge on any atom is 0.394 e. The highest BCUT2D eigenvalue weighted by molar-refractivity contribution is 5.91. The topological polar surface area (TPSA) is 47.0 Å². The van der Waals surface area contributed by atoms with E-state index in [1.807, 2.05) is 0 Å². The number of anilines is 1. The van der Waals surface area contributed by atoms with Gasteiger partial charge in [-0.05, 0) is 36.5 Å². The van der Waals surface area contributed by atoms with Crippen LogP contribution in [-0.4, -0.2) is 23.3 Å². The fourth-order valence-corrected chi connectivity index (χ4v) is 4.65. The van der Waals surface area contributed by atoms with Crippen molar-refractivity contribution in [3.05, 3.63) is 59.3 Å². The summed E-state index contributed by atoms with van der Waals surface area (Å²) in [5, 5.41) is 3.45. The third kappa shape index (κ3) is 3.79. The predicted molar refractivity (Wildman–Crippen MR) is 111 cm³/mol. The van der Waals surface area contributed by atoms with Gasteiger partial charge in [0.25, 0.3) is 0 Å². The lowest BCUT2D eigenvalue weighted by molar-refractivity contribution is -0.186. The zero-order valence-electron chi connectivity index (χ0n) is 17.6. The Hall–Kier alpha value is -2.90. The van der Waals surface area contributed by atoms with Gasteiger partial charge in [0.05, 0.1) is 24.6 Å². The molecule has 0 saturated heterocycles. The molecule has 1 N–H and O–H groups in total. The van der Waals surface area contributed by atoms with Gasteiger partial charge in [0.15, 0.2) is 0 Å². The number of fused-ring (bicyclic) bond motifs is 2. The lowest BCUT2D eigenvalue weighted by Gasteiger charge is -2.44. The van der Waals surface area contributed by atoms with E-state index >= 15 is 0 Å². The number of hydrogen-bond acceptors (Lipinski definition) is 4. The molecule has 1 aromatic heterocycles. The summed E-state index contributed by atoms with van der Waals surface area (Å²) in [6.07, 6.45) is -3.09. The maximum atomic E-state index is 14.3. The van der Waals surface area contributed by atoms with Crippen molar-refractivity contribution in [3.8, 4) is 5.75 Å². The SMILES string of the molecule is COc1cccc2c1C(C)(C)C[C@@H](C(F)(F)F)[C@@H]2Nc1cc(F)cc2nc(C)ncc12. The number of hydrogen-bond donors (Lipinski definition) is 1. The van der Waals surface area contributed by atoms with Gasteiger partial charge >= 0.3 is 6.18 Å². The summed E-state index contributed by atoms with van der Waals surface area (Å²) < 4.78 is 62.4. The van der Waals surface area contributed by atoms with Crippen molar-refractivity contribution in [2.75, 3.05) is 12.4 Å². The quantitative estimate of drug-likeness (QED) is 0.507. The van der Waals surface area contributed by atoms with Crippen molar-refractivity contribution < 1.29 is 22.3 Å². The molecule has 2 atom stereocenters. The first-order valence-electron chi connectivity index (χ1n) is 9.95. The molecular formula is C23H23F4N3O. The largest absolute Gasteiger partial charge is 0.496 e. The molecule has 4 nitrogen and oxygen atoms in total. The Bertz CT molecular complexity index is 1140. The van der Waals surface area contributed by atoms with Crippen LogP contribution >= 0.6 is 0 Å². The van der Waals surface area contributed by atoms with Crippen LogP contribution in [0.4, 0.5) is 23.2 Å². The molecule has 0 unspecified atom stereocenters. The standard InChI is InChI=1S/C23H23F4N3O/c1-12-28-11-15-17(29-12)8-13(24)9-18(15)30-21-14-6-5-7-19(31-4)20(14)22(2,3)10-16(21)23(25,26)27/h5-9,11,16,21,30H,10H2,1-4H3/t16-,21-/m1/s1. The van der Waals surface area contributed by atoms with E-state index in [0.717, 1.165) is 5.56 Å². The molecule has 8 heteroatoms. The number of halogens is 4. The molecule has 164 valence electrons. The highest BCUT2D eigenvalue weighted by atomic mass is 19.4. The molecule has 3 aromatic rings. The molecule has 2 aromatic carbocycles. The van der Waals surface area contributed by atoms with E-state index in [1.54, 1.807) is 39.0 Å². The molecule has 0 spiro atoms. The van der Waals surface area contributed by atoms with Crippen LogP contribution in [-0.2, 0) is 5.41 Å². The number of alkyl halides is 3. The van der Waals surface area contributed by atoms with Crippen molar-refractivity contribution in [2.45, 2.75) is 44.8 Å². The lowest BCUT2D eigenvalue weighted by atomic mass is 9.65. The van der Waals surface area contributed by atoms with Gasteiger partial charge in [-0.15, -0.1) is 0 Å². The first-order chi connectivity index (χ1) is 14.5. The molecule has 31 heavy (non-hydrogen) atoms. The summed E-state index contributed by atoms with van der Waals surface area (Å²) in [6.45, 7) is 5.25. The van der Waals surface area contributed by atoms with Gasteiger partial charge < -0.3 is 10.1 Å². The minimum Gasteiger partial charge on any atom is -0.496 e. The zero-order chi connectivity index (χ0) is 22.6. The van der Waals surface area contributed by atoms with Gasteiger partial charge in [0, 0.05) is 28.9 Å². The molecule has 1 aliphatic carbocycles. The molecule has 4 rings (SSSR count). The second-order valence-corrected chi connectivity index (χ2v) is 8.59. The molecule has 0 aliphatic heterocycles. The van der Waals surface area contributed by atoms with Crippen LogP contribution in [0.1, 0.15) is 43.3 Å². The van der Waals surface area contributed by atoms with Crippen LogP contribution in [0.2, 0.25) is 0 Å². The van der Waals surface area contributed by atoms with Gasteiger partial charge in [-0.3, -0.25) is 0 Å². The average molecular weight is 433 g/mol. The van der Waals surface area contributed by atoms with Crippen LogP contribution in [0.5, 0.6) is 5.75 Å². The first-order valence-corrected chi connectivity index (χ1v) is 9.95. The van der Waals surface area contributed by atoms with Gasteiger partial charge in [0.1, 0.15) is 17.4 Å². The monoisotopic (exact) mass is 433 g/mol. The number of rotatable bonds is 3. The second-order valence-electron chi connectivity index (χ2n) is 8.59. The fourth-order valence-electron chi connectivity index (χ4n) is 4.65. The maximum absolute atomic E-state index is 14.3. The van der Waals surface area contributed by atoms with Crippen LogP contribution in [0.3, 0.4) is 0 Å². The third-order valence-corrected chi connectivity index (χ3v) is 5.94. The minimum absolute atomic E-state index is 0.135. The smallest absolute Gasteiger partial charge is 0.394 e. The van der Waals surface area contributed by atoms with Crippen molar-refractivity contribution in [3.63, 3.8) is 0 Å². The zero-order valence-corrected chi connectivity index (χ0v) is 17.6. The summed E-state index contributed by atoms with van der Waals surface area (Å²) in [5.41, 5.74) is 1.01. The number of nitrogens with zero attached hydrogens (tertiary/aromatic N) is 2. The molecule has 0 radical (unpaired) electrons. The summed E-state index contributed by atoms with van der Waals surface area (Å²) >= 11 is 0. The third-order valence-electron chi connectivity index (χ3n) is 5.94. The van der Waals surface area contributed by atoms with Crippen LogP contribution in [0, 0.1) is 18.7 Å². The number of ether oxygens (including phenoxy) is 1. The van der Waals surface area contributed by atoms with E-state index in [9.17, 15) is 17.6 Å². The Balaban J connectivity index is 1.91. The highest BCUT2D eigenvalue weighted by Crippen LogP contribution is 2.54. The predicted octanol–water partition coefficient (Wildman–Crippen LogP) is 6.10. The van der Waals surface area contributed by atoms with Crippen molar-refractivity contribution in [1.82, 2.24) is 9.97 Å². The Morgan fingerprint density at radius 2 is 1.94 bits per heavy atom. The summed E-state index contributed by atoms with van der Waals surface area (Å²) in [4.78, 5) is 8.36. The summed E-state index contributed by atoms with van der Waals surface area (Å²) in [7, 11) is 1.50. The van der Waals surface area contributed by atoms with E-state index in [0.29, 0.717) is 28.0 Å². The molecule has 0 bridgehead atoms. The van der Waals surface area contributed by atoms with E-state index < -0.39 is 29.4 Å². The van der Waals surface area contributed by atoms with Gasteiger partial charge in [0.2, 0.25) is 0 Å². The number of methoxy groups -OCH3 is 1. The Labute approximate surface area is 177 Å². The molecule has 0 amide bonds. The van der Waals surface area contributed by atoms with E-state index in [4.69, 9.17) is 4.74 Å². The molecule has 0 fully saturated rings. The number of nitrogens with one attached hydrogen (secondary N) is 1. The Morgan fingerprint density at radius 3 is 2.61 bits per heavy atom. The van der Waals surface area contributed by atoms with Gasteiger partial charge in [-0.1, -0.05) is 26.0 Å². The summed E-state index contributed by atoms with van der Waals surface area (Å²) in [5.74, 6) is -1.27. The van der Waals surface area contributed by atoms with Crippen LogP contribution in [0.25, 0.3) is 10.9 Å². The number of benzene rings is 2. The highest BCUT2D eigenvalue weighted by Gasteiger charge is 2.52. The first kappa shape index (κ1) is 21.3. The lowest BCUT2D eigenvalue weighted by Crippen LogP contribution is -2.43. The Kier molecular flexibility index (Phi) is 5.06. The molecule has 0 saturated carbocycles. The van der Waals surface area contributed by atoms with E-state index in [-0.39, 0.29) is 12.1 Å². The second kappa shape index (κ2) is 7.35. The average Bonchev–Trinajstić information content (AvgIpc) is 2.68. The Morgan fingerprint density at radius 1 is 1.19 bits per heavy atom.